The summed E-state index contributed by atoms with van der Waals surface area (Å²) in [6.07, 6.45) is 8.02. The number of carbonyl (C=O) groups is 1. The van der Waals surface area contributed by atoms with E-state index in [1.54, 1.807) is 13.1 Å². The van der Waals surface area contributed by atoms with Crippen molar-refractivity contribution in [2.24, 2.45) is 0 Å². The van der Waals surface area contributed by atoms with E-state index < -0.39 is 0 Å². The van der Waals surface area contributed by atoms with Crippen molar-refractivity contribution in [3.8, 4) is 11.4 Å². The van der Waals surface area contributed by atoms with Crippen LogP contribution in [0.2, 0.25) is 0 Å². The normalized spacial score (nSPS) is 23.4. The highest BCUT2D eigenvalue weighted by Gasteiger charge is 2.37. The van der Waals surface area contributed by atoms with Crippen LogP contribution in [-0.4, -0.2) is 69.6 Å². The molecule has 3 aliphatic rings. The van der Waals surface area contributed by atoms with E-state index in [1.165, 1.54) is 25.7 Å². The van der Waals surface area contributed by atoms with Gasteiger partial charge in [0.25, 0.3) is 0 Å². The van der Waals surface area contributed by atoms with Crippen LogP contribution in [0.5, 0.6) is 0 Å². The largest absolute Gasteiger partial charge is 0.353 e. The molecule has 8 heteroatoms. The minimum Gasteiger partial charge on any atom is -0.353 e. The van der Waals surface area contributed by atoms with Crippen LogP contribution in [0.15, 0.2) is 22.9 Å². The fourth-order valence-electron chi connectivity index (χ4n) is 4.68. The molecular formula is C21H28N6O2. The van der Waals surface area contributed by atoms with Gasteiger partial charge in [0, 0.05) is 50.9 Å². The first-order chi connectivity index (χ1) is 14.2. The van der Waals surface area contributed by atoms with E-state index >= 15 is 0 Å². The predicted octanol–water partition coefficient (Wildman–Crippen LogP) is 2.49. The van der Waals surface area contributed by atoms with E-state index in [-0.39, 0.29) is 11.9 Å². The summed E-state index contributed by atoms with van der Waals surface area (Å²) in [5.41, 5.74) is 0.923. The highest BCUT2D eigenvalue weighted by molar-refractivity contribution is 5.73. The summed E-state index contributed by atoms with van der Waals surface area (Å²) < 4.78 is 5.70. The number of likely N-dealkylation sites (tertiary alicyclic amines) is 1. The quantitative estimate of drug-likeness (QED) is 0.786. The summed E-state index contributed by atoms with van der Waals surface area (Å²) in [7, 11) is 0. The number of hydrogen-bond donors (Lipinski definition) is 0. The highest BCUT2D eigenvalue weighted by Crippen LogP contribution is 2.39. The summed E-state index contributed by atoms with van der Waals surface area (Å²) in [5, 5.41) is 4.28. The van der Waals surface area contributed by atoms with Gasteiger partial charge in [0.1, 0.15) is 5.82 Å². The van der Waals surface area contributed by atoms with Crippen LogP contribution < -0.4 is 4.90 Å². The smallest absolute Gasteiger partial charge is 0.244 e. The van der Waals surface area contributed by atoms with Crippen molar-refractivity contribution < 1.29 is 9.32 Å². The van der Waals surface area contributed by atoms with Crippen molar-refractivity contribution >= 4 is 11.7 Å². The van der Waals surface area contributed by atoms with Crippen LogP contribution in [0.25, 0.3) is 11.4 Å². The summed E-state index contributed by atoms with van der Waals surface area (Å²) >= 11 is 0. The van der Waals surface area contributed by atoms with E-state index in [0.717, 1.165) is 56.4 Å². The number of carbonyl (C=O) groups excluding carboxylic acids is 1. The van der Waals surface area contributed by atoms with E-state index in [2.05, 4.69) is 19.9 Å². The number of pyridine rings is 1. The fourth-order valence-corrected chi connectivity index (χ4v) is 4.68. The molecule has 1 amide bonds. The maximum Gasteiger partial charge on any atom is 0.244 e. The zero-order valence-corrected chi connectivity index (χ0v) is 17.0. The molecule has 0 spiro atoms. The molecule has 0 bridgehead atoms. The molecule has 1 atom stereocenters. The Kier molecular flexibility index (Phi) is 4.95. The summed E-state index contributed by atoms with van der Waals surface area (Å²) in [5.74, 6) is 2.41. The van der Waals surface area contributed by atoms with Gasteiger partial charge in [-0.3, -0.25) is 9.69 Å². The van der Waals surface area contributed by atoms with Gasteiger partial charge in [0.15, 0.2) is 0 Å². The molecule has 2 aromatic heterocycles. The van der Waals surface area contributed by atoms with Gasteiger partial charge in [-0.1, -0.05) is 11.6 Å². The van der Waals surface area contributed by atoms with Gasteiger partial charge in [-0.2, -0.15) is 4.98 Å². The van der Waals surface area contributed by atoms with E-state index in [9.17, 15) is 4.79 Å². The number of amides is 1. The van der Waals surface area contributed by atoms with Crippen molar-refractivity contribution in [2.45, 2.75) is 51.1 Å². The Morgan fingerprint density at radius 3 is 2.66 bits per heavy atom. The van der Waals surface area contributed by atoms with Crippen LogP contribution in [-0.2, 0) is 4.79 Å². The Bertz CT molecular complexity index is 872. The number of piperazine rings is 1. The lowest BCUT2D eigenvalue weighted by Crippen LogP contribution is -2.48. The Labute approximate surface area is 170 Å². The molecule has 0 radical (unpaired) electrons. The first kappa shape index (κ1) is 18.5. The minimum atomic E-state index is 0.133. The number of hydrogen-bond acceptors (Lipinski definition) is 7. The van der Waals surface area contributed by atoms with Crippen LogP contribution in [0.4, 0.5) is 5.82 Å². The molecule has 3 fully saturated rings. The zero-order valence-electron chi connectivity index (χ0n) is 17.0. The van der Waals surface area contributed by atoms with Gasteiger partial charge in [-0.05, 0) is 44.4 Å². The molecule has 0 aromatic carbocycles. The highest BCUT2D eigenvalue weighted by atomic mass is 16.5. The van der Waals surface area contributed by atoms with Gasteiger partial charge >= 0.3 is 0 Å². The second-order valence-electron chi connectivity index (χ2n) is 8.33. The van der Waals surface area contributed by atoms with Crippen LogP contribution >= 0.6 is 0 Å². The Balaban J connectivity index is 1.31. The monoisotopic (exact) mass is 396 g/mol. The van der Waals surface area contributed by atoms with E-state index in [4.69, 9.17) is 9.51 Å². The van der Waals surface area contributed by atoms with Gasteiger partial charge in [-0.25, -0.2) is 4.98 Å². The third-order valence-electron chi connectivity index (χ3n) is 6.62. The second-order valence-corrected chi connectivity index (χ2v) is 8.33. The second kappa shape index (κ2) is 7.74. The standard InChI is InChI=1S/C21H28N6O2/c1-15(28)25-10-12-26(13-11-25)19-14-16(7-8-22-19)20-23-21(29-24-20)18-6-3-9-27(18)17-4-2-5-17/h7-8,14,17-18H,2-6,9-13H2,1H3. The maximum absolute atomic E-state index is 11.5. The number of aromatic nitrogens is 3. The first-order valence-corrected chi connectivity index (χ1v) is 10.8. The van der Waals surface area contributed by atoms with Crippen molar-refractivity contribution in [3.63, 3.8) is 0 Å². The Hall–Kier alpha value is -2.48. The minimum absolute atomic E-state index is 0.133. The predicted molar refractivity (Wildman–Crippen MR) is 108 cm³/mol. The zero-order chi connectivity index (χ0) is 19.8. The van der Waals surface area contributed by atoms with Crippen LogP contribution in [0.3, 0.4) is 0 Å². The molecule has 2 saturated heterocycles. The van der Waals surface area contributed by atoms with Crippen molar-refractivity contribution in [3.05, 3.63) is 24.2 Å². The molecular weight excluding hydrogens is 368 g/mol. The summed E-state index contributed by atoms with van der Waals surface area (Å²) in [4.78, 5) is 27.5. The lowest BCUT2D eigenvalue weighted by atomic mass is 9.91. The Morgan fingerprint density at radius 2 is 1.93 bits per heavy atom. The first-order valence-electron chi connectivity index (χ1n) is 10.8. The number of anilines is 1. The topological polar surface area (TPSA) is 78.6 Å². The molecule has 154 valence electrons. The number of nitrogens with zero attached hydrogens (tertiary/aromatic N) is 6. The molecule has 1 aliphatic carbocycles. The summed E-state index contributed by atoms with van der Waals surface area (Å²) in [6.45, 7) is 5.79. The molecule has 1 saturated carbocycles. The average molecular weight is 396 g/mol. The van der Waals surface area contributed by atoms with Crippen molar-refractivity contribution in [1.29, 1.82) is 0 Å². The van der Waals surface area contributed by atoms with Crippen LogP contribution in [0.1, 0.15) is 51.0 Å². The third kappa shape index (κ3) is 3.61. The van der Waals surface area contributed by atoms with Gasteiger partial charge in [0.05, 0.1) is 6.04 Å². The SMILES string of the molecule is CC(=O)N1CCN(c2cc(-c3noc(C4CCCN4C4CCC4)n3)ccn2)CC1. The third-order valence-corrected chi connectivity index (χ3v) is 6.62. The van der Waals surface area contributed by atoms with Crippen molar-refractivity contribution in [1.82, 2.24) is 24.9 Å². The fraction of sp³-hybridized carbons (Fsp3) is 0.619. The van der Waals surface area contributed by atoms with E-state index in [0.29, 0.717) is 11.9 Å². The molecule has 8 nitrogen and oxygen atoms in total. The van der Waals surface area contributed by atoms with E-state index in [1.807, 2.05) is 17.0 Å². The lowest BCUT2D eigenvalue weighted by molar-refractivity contribution is -0.129. The molecule has 2 aromatic rings. The van der Waals surface area contributed by atoms with Crippen LogP contribution in [0, 0.1) is 0 Å². The molecule has 1 unspecified atom stereocenters. The van der Waals surface area contributed by atoms with Gasteiger partial charge in [-0.15, -0.1) is 0 Å². The van der Waals surface area contributed by atoms with Gasteiger partial charge < -0.3 is 14.3 Å². The molecule has 2 aliphatic heterocycles. The van der Waals surface area contributed by atoms with Crippen molar-refractivity contribution in [2.75, 3.05) is 37.6 Å². The number of rotatable bonds is 4. The molecule has 29 heavy (non-hydrogen) atoms. The molecule has 5 rings (SSSR count). The average Bonchev–Trinajstić information content (AvgIpc) is 3.36. The lowest BCUT2D eigenvalue weighted by Gasteiger charge is -2.37. The molecule has 0 N–H and O–H groups in total. The summed E-state index contributed by atoms with van der Waals surface area (Å²) in [6, 6.07) is 4.92. The Morgan fingerprint density at radius 1 is 1.10 bits per heavy atom. The maximum atomic E-state index is 11.5. The van der Waals surface area contributed by atoms with Gasteiger partial charge in [0.2, 0.25) is 17.6 Å². The molecule has 4 heterocycles.